The third kappa shape index (κ3) is 3.62. The van der Waals surface area contributed by atoms with E-state index in [0.717, 1.165) is 19.6 Å². The maximum absolute atomic E-state index is 6.05. The van der Waals surface area contributed by atoms with Crippen molar-refractivity contribution in [1.82, 2.24) is 5.32 Å². The Kier molecular flexibility index (Phi) is 5.62. The molecule has 1 N–H and O–H groups in total. The second-order valence-electron chi connectivity index (χ2n) is 6.13. The van der Waals surface area contributed by atoms with Crippen molar-refractivity contribution in [2.45, 2.75) is 65.5 Å². The molecular weight excluding hydrogens is 246 g/mol. The molecule has 1 heterocycles. The zero-order valence-corrected chi connectivity index (χ0v) is 13.5. The van der Waals surface area contributed by atoms with Gasteiger partial charge in [-0.3, -0.25) is 0 Å². The molecule has 2 atom stereocenters. The molecule has 0 saturated carbocycles. The Morgan fingerprint density at radius 2 is 1.90 bits per heavy atom. The summed E-state index contributed by atoms with van der Waals surface area (Å²) in [5.74, 6) is 0. The molecule has 112 valence electrons. The molecule has 0 aromatic heterocycles. The standard InChI is InChI=1S/C18H29NO/c1-5-9-19-18(17-8-6-7-10-20-17)16-12-14(3)13(2)11-15(16)4/h11-12,17-19H,5-10H2,1-4H3. The molecule has 2 unspecified atom stereocenters. The first-order chi connectivity index (χ1) is 9.63. The quantitative estimate of drug-likeness (QED) is 0.868. The minimum atomic E-state index is 0.330. The van der Waals surface area contributed by atoms with Gasteiger partial charge in [-0.2, -0.15) is 0 Å². The van der Waals surface area contributed by atoms with Gasteiger partial charge in [-0.25, -0.2) is 0 Å². The van der Waals surface area contributed by atoms with Crippen LogP contribution in [0.3, 0.4) is 0 Å². The van der Waals surface area contributed by atoms with Gasteiger partial charge in [-0.05, 0) is 75.3 Å². The summed E-state index contributed by atoms with van der Waals surface area (Å²) in [7, 11) is 0. The van der Waals surface area contributed by atoms with Crippen LogP contribution in [0.1, 0.15) is 60.9 Å². The third-order valence-electron chi connectivity index (χ3n) is 4.42. The van der Waals surface area contributed by atoms with E-state index in [1.807, 2.05) is 0 Å². The van der Waals surface area contributed by atoms with Gasteiger partial charge < -0.3 is 10.1 Å². The highest BCUT2D eigenvalue weighted by atomic mass is 16.5. The van der Waals surface area contributed by atoms with Crippen LogP contribution in [0, 0.1) is 20.8 Å². The lowest BCUT2D eigenvalue weighted by Gasteiger charge is -2.33. The van der Waals surface area contributed by atoms with Crippen LogP contribution < -0.4 is 5.32 Å². The van der Waals surface area contributed by atoms with Crippen LogP contribution >= 0.6 is 0 Å². The molecule has 1 aromatic carbocycles. The van der Waals surface area contributed by atoms with Crippen LogP contribution in [0.25, 0.3) is 0 Å². The monoisotopic (exact) mass is 275 g/mol. The van der Waals surface area contributed by atoms with Crippen molar-refractivity contribution in [2.24, 2.45) is 0 Å². The van der Waals surface area contributed by atoms with Gasteiger partial charge in [-0.1, -0.05) is 19.1 Å². The fraction of sp³-hybridized carbons (Fsp3) is 0.667. The van der Waals surface area contributed by atoms with E-state index in [9.17, 15) is 0 Å². The number of aryl methyl sites for hydroxylation is 3. The van der Waals surface area contributed by atoms with Crippen molar-refractivity contribution < 1.29 is 4.74 Å². The zero-order valence-electron chi connectivity index (χ0n) is 13.5. The molecule has 20 heavy (non-hydrogen) atoms. The lowest BCUT2D eigenvalue weighted by atomic mass is 9.90. The van der Waals surface area contributed by atoms with Gasteiger partial charge >= 0.3 is 0 Å². The van der Waals surface area contributed by atoms with Gasteiger partial charge in [0.15, 0.2) is 0 Å². The summed E-state index contributed by atoms with van der Waals surface area (Å²) in [5, 5.41) is 3.72. The van der Waals surface area contributed by atoms with E-state index in [0.29, 0.717) is 12.1 Å². The number of ether oxygens (including phenoxy) is 1. The number of hydrogen-bond donors (Lipinski definition) is 1. The van der Waals surface area contributed by atoms with Crippen LogP contribution in [0.15, 0.2) is 12.1 Å². The first kappa shape index (κ1) is 15.5. The summed E-state index contributed by atoms with van der Waals surface area (Å²) < 4.78 is 6.05. The topological polar surface area (TPSA) is 21.3 Å². The predicted molar refractivity (Wildman–Crippen MR) is 85.3 cm³/mol. The molecule has 0 aliphatic carbocycles. The average Bonchev–Trinajstić information content (AvgIpc) is 2.45. The number of benzene rings is 1. The summed E-state index contributed by atoms with van der Waals surface area (Å²) in [6.45, 7) is 10.8. The lowest BCUT2D eigenvalue weighted by molar-refractivity contribution is -0.00829. The number of hydrogen-bond acceptors (Lipinski definition) is 2. The first-order valence-electron chi connectivity index (χ1n) is 8.06. The van der Waals surface area contributed by atoms with Crippen LogP contribution in [0.5, 0.6) is 0 Å². The fourth-order valence-electron chi connectivity index (χ4n) is 3.09. The molecule has 1 aliphatic rings. The predicted octanol–water partition coefficient (Wildman–Crippen LogP) is 4.22. The van der Waals surface area contributed by atoms with Gasteiger partial charge in [0.2, 0.25) is 0 Å². The minimum absolute atomic E-state index is 0.330. The zero-order chi connectivity index (χ0) is 14.5. The summed E-state index contributed by atoms with van der Waals surface area (Å²) in [6, 6.07) is 5.01. The summed E-state index contributed by atoms with van der Waals surface area (Å²) in [5.41, 5.74) is 5.57. The molecule has 1 fully saturated rings. The molecule has 2 rings (SSSR count). The molecular formula is C18H29NO. The molecule has 0 amide bonds. The van der Waals surface area contributed by atoms with Crippen molar-refractivity contribution in [3.8, 4) is 0 Å². The molecule has 2 nitrogen and oxygen atoms in total. The fourth-order valence-corrected chi connectivity index (χ4v) is 3.09. The maximum atomic E-state index is 6.05. The highest BCUT2D eigenvalue weighted by molar-refractivity contribution is 5.38. The van der Waals surface area contributed by atoms with E-state index < -0.39 is 0 Å². The van der Waals surface area contributed by atoms with Gasteiger partial charge in [0.05, 0.1) is 12.1 Å². The molecule has 1 saturated heterocycles. The van der Waals surface area contributed by atoms with Crippen LogP contribution in [-0.4, -0.2) is 19.3 Å². The highest BCUT2D eigenvalue weighted by Crippen LogP contribution is 2.30. The molecule has 2 heteroatoms. The third-order valence-corrected chi connectivity index (χ3v) is 4.42. The van der Waals surface area contributed by atoms with Crippen LogP contribution in [0.4, 0.5) is 0 Å². The Hall–Kier alpha value is -0.860. The van der Waals surface area contributed by atoms with Crippen molar-refractivity contribution in [3.05, 3.63) is 34.4 Å². The van der Waals surface area contributed by atoms with Crippen LogP contribution in [0.2, 0.25) is 0 Å². The molecule has 1 aliphatic heterocycles. The van der Waals surface area contributed by atoms with E-state index in [1.54, 1.807) is 0 Å². The Balaban J connectivity index is 2.27. The van der Waals surface area contributed by atoms with Gasteiger partial charge in [0.1, 0.15) is 0 Å². The van der Waals surface area contributed by atoms with E-state index >= 15 is 0 Å². The number of rotatable bonds is 5. The smallest absolute Gasteiger partial charge is 0.0769 e. The van der Waals surface area contributed by atoms with Gasteiger partial charge in [-0.15, -0.1) is 0 Å². The average molecular weight is 275 g/mol. The molecule has 0 spiro atoms. The van der Waals surface area contributed by atoms with E-state index in [2.05, 4.69) is 45.1 Å². The highest BCUT2D eigenvalue weighted by Gasteiger charge is 2.26. The van der Waals surface area contributed by atoms with E-state index in [-0.39, 0.29) is 0 Å². The summed E-state index contributed by atoms with van der Waals surface area (Å²) in [6.07, 6.45) is 5.17. The Bertz CT molecular complexity index is 435. The Labute approximate surface area is 123 Å². The van der Waals surface area contributed by atoms with E-state index in [1.165, 1.54) is 41.5 Å². The van der Waals surface area contributed by atoms with Crippen LogP contribution in [-0.2, 0) is 4.74 Å². The summed E-state index contributed by atoms with van der Waals surface area (Å²) >= 11 is 0. The van der Waals surface area contributed by atoms with Crippen molar-refractivity contribution in [2.75, 3.05) is 13.2 Å². The number of nitrogens with one attached hydrogen (secondary N) is 1. The molecule has 0 bridgehead atoms. The van der Waals surface area contributed by atoms with Crippen molar-refractivity contribution >= 4 is 0 Å². The molecule has 1 aromatic rings. The maximum Gasteiger partial charge on any atom is 0.0769 e. The minimum Gasteiger partial charge on any atom is -0.376 e. The SMILES string of the molecule is CCCNC(c1cc(C)c(C)cc1C)C1CCCCO1. The van der Waals surface area contributed by atoms with Crippen molar-refractivity contribution in [3.63, 3.8) is 0 Å². The Morgan fingerprint density at radius 1 is 1.15 bits per heavy atom. The largest absolute Gasteiger partial charge is 0.376 e. The Morgan fingerprint density at radius 3 is 2.55 bits per heavy atom. The van der Waals surface area contributed by atoms with E-state index in [4.69, 9.17) is 4.74 Å². The van der Waals surface area contributed by atoms with Crippen molar-refractivity contribution in [1.29, 1.82) is 0 Å². The lowest BCUT2D eigenvalue weighted by Crippen LogP contribution is -2.37. The van der Waals surface area contributed by atoms with Gasteiger partial charge in [0, 0.05) is 6.61 Å². The first-order valence-corrected chi connectivity index (χ1v) is 8.06. The second kappa shape index (κ2) is 7.24. The normalized spacial score (nSPS) is 20.9. The molecule has 0 radical (unpaired) electrons. The van der Waals surface area contributed by atoms with Gasteiger partial charge in [0.25, 0.3) is 0 Å². The second-order valence-corrected chi connectivity index (χ2v) is 6.13. The summed E-state index contributed by atoms with van der Waals surface area (Å²) in [4.78, 5) is 0.